The highest BCUT2D eigenvalue weighted by molar-refractivity contribution is 7.17. The van der Waals surface area contributed by atoms with Gasteiger partial charge < -0.3 is 20.5 Å². The van der Waals surface area contributed by atoms with Crippen molar-refractivity contribution in [2.45, 2.75) is 72.6 Å². The fourth-order valence-electron chi connectivity index (χ4n) is 4.94. The Labute approximate surface area is 271 Å². The number of hydrogen-bond acceptors (Lipinski definition) is 10. The monoisotopic (exact) mass is 654 g/mol. The van der Waals surface area contributed by atoms with Gasteiger partial charge in [0.15, 0.2) is 5.13 Å². The number of nitrogens with one attached hydrogen (secondary N) is 4. The summed E-state index contributed by atoms with van der Waals surface area (Å²) >= 11 is 2.47. The fourth-order valence-corrected chi connectivity index (χ4v) is 6.71. The summed E-state index contributed by atoms with van der Waals surface area (Å²) in [7, 11) is 0. The maximum absolute atomic E-state index is 13.2. The Morgan fingerprint density at radius 3 is 2.71 bits per heavy atom. The van der Waals surface area contributed by atoms with Crippen LogP contribution >= 0.6 is 22.7 Å². The molecule has 4 rings (SSSR count). The van der Waals surface area contributed by atoms with Crippen LogP contribution in [-0.4, -0.2) is 57.3 Å². The van der Waals surface area contributed by atoms with E-state index in [1.165, 1.54) is 23.3 Å². The van der Waals surface area contributed by atoms with Crippen LogP contribution in [0, 0.1) is 18.8 Å². The molecular weight excluding hydrogens is 613 g/mol. The Hall–Kier alpha value is -3.65. The molecule has 3 aromatic heterocycles. The summed E-state index contributed by atoms with van der Waals surface area (Å²) in [6.07, 6.45) is 4.05. The van der Waals surface area contributed by atoms with Gasteiger partial charge in [-0.1, -0.05) is 57.1 Å². The molecule has 4 aromatic rings. The van der Waals surface area contributed by atoms with Gasteiger partial charge in [-0.05, 0) is 60.7 Å². The lowest BCUT2D eigenvalue weighted by atomic mass is 9.94. The number of aromatic amines is 1. The molecule has 0 aliphatic carbocycles. The minimum atomic E-state index is -1.06. The summed E-state index contributed by atoms with van der Waals surface area (Å²) in [6, 6.07) is 6.52. The maximum atomic E-state index is 13.2. The average molecular weight is 655 g/mol. The van der Waals surface area contributed by atoms with Crippen LogP contribution < -0.4 is 16.0 Å². The molecular formula is C32H42N6O5S2. The Morgan fingerprint density at radius 1 is 1.16 bits per heavy atom. The number of ether oxygens (including phenoxy) is 1. The zero-order valence-electron chi connectivity index (χ0n) is 26.3. The van der Waals surface area contributed by atoms with Gasteiger partial charge in [0.1, 0.15) is 17.1 Å². The van der Waals surface area contributed by atoms with Crippen LogP contribution in [0.5, 0.6) is 0 Å². The summed E-state index contributed by atoms with van der Waals surface area (Å²) in [4.78, 5) is 44.1. The number of thiophene rings is 1. The lowest BCUT2D eigenvalue weighted by molar-refractivity contribution is -0.145. The number of anilines is 1. The smallest absolute Gasteiger partial charge is 0.329 e. The van der Waals surface area contributed by atoms with Crippen molar-refractivity contribution in [1.29, 1.82) is 0 Å². The van der Waals surface area contributed by atoms with E-state index >= 15 is 0 Å². The zero-order valence-corrected chi connectivity index (χ0v) is 27.9. The van der Waals surface area contributed by atoms with Crippen molar-refractivity contribution >= 4 is 56.5 Å². The Bertz CT molecular complexity index is 1600. The Kier molecular flexibility index (Phi) is 12.2. The van der Waals surface area contributed by atoms with Gasteiger partial charge in [-0.25, -0.2) is 9.78 Å². The van der Waals surface area contributed by atoms with Gasteiger partial charge >= 0.3 is 5.97 Å². The highest BCUT2D eigenvalue weighted by atomic mass is 32.1. The molecule has 11 nitrogen and oxygen atoms in total. The van der Waals surface area contributed by atoms with Crippen LogP contribution in [0.25, 0.3) is 10.9 Å². The van der Waals surface area contributed by atoms with E-state index in [0.717, 1.165) is 45.5 Å². The molecule has 0 saturated heterocycles. The van der Waals surface area contributed by atoms with Crippen molar-refractivity contribution in [2.75, 3.05) is 18.5 Å². The minimum absolute atomic E-state index is 0.0508. The first-order valence-corrected chi connectivity index (χ1v) is 16.9. The largest absolute Gasteiger partial charge is 0.464 e. The van der Waals surface area contributed by atoms with Crippen molar-refractivity contribution in [3.8, 4) is 0 Å². The molecule has 3 heterocycles. The van der Waals surface area contributed by atoms with Crippen molar-refractivity contribution in [1.82, 2.24) is 25.8 Å². The van der Waals surface area contributed by atoms with Crippen LogP contribution in [-0.2, 0) is 27.2 Å². The molecule has 3 atom stereocenters. The number of hydrogen-bond donors (Lipinski definition) is 5. The predicted octanol–water partition coefficient (Wildman–Crippen LogP) is 5.13. The number of aliphatic hydroxyl groups excluding tert-OH is 1. The second-order valence-electron chi connectivity index (χ2n) is 11.6. The first-order valence-electron chi connectivity index (χ1n) is 15.2. The number of carbonyl (C=O) groups is 3. The third kappa shape index (κ3) is 9.67. The van der Waals surface area contributed by atoms with Crippen LogP contribution in [0.2, 0.25) is 0 Å². The number of amides is 2. The van der Waals surface area contributed by atoms with E-state index in [0.29, 0.717) is 17.5 Å². The zero-order chi connectivity index (χ0) is 32.5. The second kappa shape index (κ2) is 16.1. The van der Waals surface area contributed by atoms with Gasteiger partial charge in [0.05, 0.1) is 30.4 Å². The predicted molar refractivity (Wildman–Crippen MR) is 177 cm³/mol. The van der Waals surface area contributed by atoms with E-state index < -0.39 is 24.1 Å². The van der Waals surface area contributed by atoms with Gasteiger partial charge in [-0.15, -0.1) is 11.3 Å². The van der Waals surface area contributed by atoms with Gasteiger partial charge in [0, 0.05) is 16.8 Å². The Balaban J connectivity index is 1.34. The maximum Gasteiger partial charge on any atom is 0.329 e. The lowest BCUT2D eigenvalue weighted by Gasteiger charge is -2.19. The highest BCUT2D eigenvalue weighted by Gasteiger charge is 2.26. The van der Waals surface area contributed by atoms with Gasteiger partial charge in [0.25, 0.3) is 5.91 Å². The summed E-state index contributed by atoms with van der Waals surface area (Å²) in [6.45, 7) is 10.1. The number of rotatable bonds is 16. The van der Waals surface area contributed by atoms with E-state index in [-0.39, 0.29) is 35.5 Å². The molecule has 0 bridgehead atoms. The summed E-state index contributed by atoms with van der Waals surface area (Å²) < 4.78 is 5.19. The molecule has 2 amide bonds. The number of fused-ring (bicyclic) bond motifs is 1. The molecule has 5 N–H and O–H groups in total. The number of aliphatic hydroxyl groups is 1. The topological polar surface area (TPSA) is 158 Å². The number of carbonyl (C=O) groups excluding carboxylic acids is 3. The van der Waals surface area contributed by atoms with Crippen molar-refractivity contribution in [3.05, 3.63) is 62.4 Å². The summed E-state index contributed by atoms with van der Waals surface area (Å²) in [5, 5.41) is 29.4. The second-order valence-corrected chi connectivity index (χ2v) is 13.6. The number of aryl methyl sites for hydroxylation is 1. The van der Waals surface area contributed by atoms with E-state index in [1.807, 2.05) is 24.3 Å². The van der Waals surface area contributed by atoms with Crippen molar-refractivity contribution < 1.29 is 24.2 Å². The quantitative estimate of drug-likeness (QED) is 0.0822. The normalized spacial score (nSPS) is 13.5. The molecule has 0 spiro atoms. The number of benzene rings is 1. The van der Waals surface area contributed by atoms with E-state index in [4.69, 9.17) is 4.74 Å². The number of thiazole rings is 1. The third-order valence-electron chi connectivity index (χ3n) is 7.33. The van der Waals surface area contributed by atoms with Crippen LogP contribution in [0.1, 0.15) is 78.1 Å². The van der Waals surface area contributed by atoms with Crippen LogP contribution in [0.4, 0.5) is 5.13 Å². The van der Waals surface area contributed by atoms with Gasteiger partial charge in [-0.2, -0.15) is 5.10 Å². The number of aromatic nitrogens is 3. The van der Waals surface area contributed by atoms with Crippen LogP contribution in [0.3, 0.4) is 0 Å². The molecule has 13 heteroatoms. The molecule has 0 saturated carbocycles. The van der Waals surface area contributed by atoms with Crippen molar-refractivity contribution in [3.63, 3.8) is 0 Å². The van der Waals surface area contributed by atoms with E-state index in [1.54, 1.807) is 20.0 Å². The molecule has 0 aliphatic rings. The number of esters is 1. The van der Waals surface area contributed by atoms with E-state index in [9.17, 15) is 19.5 Å². The standard InChI is InChI=1S/C32H42N6O5S2/c1-6-43-31(42)25(16-33-29(40)26-13-21(17-44-26)12-19(4)11-10-18(2)3)36-30(41)28-20(5)35-32(45-28)37-27(39)14-22-8-7-9-24-23(22)15-34-38-24/h7-9,13,15,17-19,25,29,33,40H,6,10-12,14,16H2,1-5H3,(H,34,38)(H,36,41)(H,35,37,39). The first kappa shape index (κ1) is 34.2. The highest BCUT2D eigenvalue weighted by Crippen LogP contribution is 2.26. The van der Waals surface area contributed by atoms with Gasteiger partial charge in [0.2, 0.25) is 5.91 Å². The molecule has 45 heavy (non-hydrogen) atoms. The first-order chi connectivity index (χ1) is 21.5. The number of H-pyrrole nitrogens is 1. The summed E-state index contributed by atoms with van der Waals surface area (Å²) in [5.74, 6) is -0.220. The molecule has 0 fully saturated rings. The average Bonchev–Trinajstić information content (AvgIpc) is 3.74. The molecule has 3 unspecified atom stereocenters. The Morgan fingerprint density at radius 2 is 1.96 bits per heavy atom. The minimum Gasteiger partial charge on any atom is -0.464 e. The molecule has 0 radical (unpaired) electrons. The lowest BCUT2D eigenvalue weighted by Crippen LogP contribution is -2.48. The molecule has 1 aromatic carbocycles. The van der Waals surface area contributed by atoms with Crippen LogP contribution in [0.15, 0.2) is 35.8 Å². The fraction of sp³-hybridized carbons (Fsp3) is 0.469. The third-order valence-corrected chi connectivity index (χ3v) is 9.44. The number of nitrogens with zero attached hydrogens (tertiary/aromatic N) is 2. The SMILES string of the molecule is CCOC(=O)C(CNC(O)c1cc(CC(C)CCC(C)C)cs1)NC(=O)c1sc(NC(=O)Cc2cccc3[nH]ncc23)nc1C. The molecule has 0 aliphatic heterocycles. The van der Waals surface area contributed by atoms with Gasteiger partial charge in [-0.3, -0.25) is 20.0 Å². The summed E-state index contributed by atoms with van der Waals surface area (Å²) in [5.41, 5.74) is 3.23. The molecule has 242 valence electrons. The van der Waals surface area contributed by atoms with Crippen molar-refractivity contribution in [2.24, 2.45) is 11.8 Å². The van der Waals surface area contributed by atoms with E-state index in [2.05, 4.69) is 57.3 Å².